The summed E-state index contributed by atoms with van der Waals surface area (Å²) in [6.45, 7) is 7.23. The Hall–Kier alpha value is -3.61. The van der Waals surface area contributed by atoms with Gasteiger partial charge in [0.05, 0.1) is 42.2 Å². The molecule has 35 heavy (non-hydrogen) atoms. The highest BCUT2D eigenvalue weighted by molar-refractivity contribution is 7.21. The molecule has 11 nitrogen and oxygen atoms in total. The Morgan fingerprint density at radius 1 is 1.17 bits per heavy atom. The van der Waals surface area contributed by atoms with Crippen molar-refractivity contribution in [2.75, 3.05) is 38.6 Å². The molecule has 0 bridgehead atoms. The molecule has 5 rings (SSSR count). The number of primary amides is 1. The fourth-order valence-electron chi connectivity index (χ4n) is 3.92. The molecule has 0 atom stereocenters. The quantitative estimate of drug-likeness (QED) is 0.374. The largest absolute Gasteiger partial charge is 0.457 e. The van der Waals surface area contributed by atoms with Gasteiger partial charge in [-0.25, -0.2) is 0 Å². The Morgan fingerprint density at radius 3 is 2.77 bits per heavy atom. The number of nitrogens with two attached hydrogens (primary N) is 2. The minimum Gasteiger partial charge on any atom is -0.457 e. The summed E-state index contributed by atoms with van der Waals surface area (Å²) in [4.78, 5) is 28.6. The number of ether oxygens (including phenoxy) is 2. The molecule has 0 unspecified atom stereocenters. The monoisotopic (exact) mass is 494 g/mol. The molecule has 5 heterocycles. The highest BCUT2D eigenvalue weighted by Crippen LogP contribution is 2.38. The van der Waals surface area contributed by atoms with Crippen molar-refractivity contribution in [1.29, 1.82) is 0 Å². The van der Waals surface area contributed by atoms with Crippen molar-refractivity contribution in [3.05, 3.63) is 46.7 Å². The van der Waals surface area contributed by atoms with E-state index >= 15 is 0 Å². The van der Waals surface area contributed by atoms with Crippen molar-refractivity contribution >= 4 is 33.1 Å². The smallest absolute Gasteiger partial charge is 0.318 e. The Morgan fingerprint density at radius 2 is 2.00 bits per heavy atom. The van der Waals surface area contributed by atoms with Crippen LogP contribution in [0.4, 0.5) is 5.69 Å². The number of carbonyl (C=O) groups excluding carboxylic acids is 1. The van der Waals surface area contributed by atoms with Crippen LogP contribution in [0.3, 0.4) is 0 Å². The fraction of sp³-hybridized carbons (Fsp3) is 0.348. The Labute approximate surface area is 205 Å². The number of hydrogen-bond donors (Lipinski definition) is 2. The number of fused-ring (bicyclic) bond motifs is 1. The molecule has 182 valence electrons. The summed E-state index contributed by atoms with van der Waals surface area (Å²) in [5, 5.41) is 5.14. The van der Waals surface area contributed by atoms with Crippen LogP contribution < -0.4 is 16.2 Å². The number of anilines is 1. The van der Waals surface area contributed by atoms with Gasteiger partial charge in [0.15, 0.2) is 0 Å². The maximum absolute atomic E-state index is 11.9. The van der Waals surface area contributed by atoms with E-state index in [2.05, 4.69) is 25.0 Å². The number of morpholine rings is 1. The number of aryl methyl sites for hydroxylation is 1. The van der Waals surface area contributed by atoms with E-state index in [1.165, 1.54) is 0 Å². The second kappa shape index (κ2) is 9.94. The van der Waals surface area contributed by atoms with E-state index in [-0.39, 0.29) is 23.2 Å². The van der Waals surface area contributed by atoms with E-state index < -0.39 is 5.91 Å². The number of amides is 1. The van der Waals surface area contributed by atoms with Crippen LogP contribution in [0.2, 0.25) is 0 Å². The van der Waals surface area contributed by atoms with Gasteiger partial charge >= 0.3 is 6.01 Å². The molecule has 4 aromatic heterocycles. The lowest BCUT2D eigenvalue weighted by molar-refractivity contribution is 0.0359. The van der Waals surface area contributed by atoms with E-state index in [9.17, 15) is 4.79 Å². The molecule has 4 N–H and O–H groups in total. The number of rotatable bonds is 8. The van der Waals surface area contributed by atoms with Crippen molar-refractivity contribution in [2.45, 2.75) is 20.1 Å². The standard InChI is InChI=1S/C23H26N8O3S/c1-14-3-2-4-16(26-14)19-17-18(24)20(21(25)32)35-22(17)28-23(27-19)34-13-15-5-6-31(29-15)8-7-30-9-11-33-12-10-30/h2-6H,7-13,24H2,1H3,(H2,25,32). The van der Waals surface area contributed by atoms with E-state index in [0.29, 0.717) is 21.6 Å². The summed E-state index contributed by atoms with van der Waals surface area (Å²) in [5.41, 5.74) is 14.7. The van der Waals surface area contributed by atoms with E-state index in [1.54, 1.807) is 0 Å². The molecular weight excluding hydrogens is 468 g/mol. The SMILES string of the molecule is Cc1cccc(-c2nc(OCc3ccn(CCN4CCOCC4)n3)nc3sc(C(N)=O)c(N)c23)n1. The molecule has 12 heteroatoms. The van der Waals surface area contributed by atoms with Crippen molar-refractivity contribution in [2.24, 2.45) is 5.73 Å². The number of pyridine rings is 1. The molecule has 1 amide bonds. The van der Waals surface area contributed by atoms with Crippen molar-refractivity contribution in [1.82, 2.24) is 29.6 Å². The molecule has 0 aromatic carbocycles. The zero-order valence-electron chi connectivity index (χ0n) is 19.3. The Bertz CT molecular complexity index is 1360. The first-order valence-corrected chi connectivity index (χ1v) is 12.1. The van der Waals surface area contributed by atoms with E-state index in [4.69, 9.17) is 20.9 Å². The summed E-state index contributed by atoms with van der Waals surface area (Å²) >= 11 is 1.11. The minimum absolute atomic E-state index is 0.149. The van der Waals surface area contributed by atoms with Gasteiger partial charge in [-0.3, -0.25) is 19.4 Å². The summed E-state index contributed by atoms with van der Waals surface area (Å²) in [5.74, 6) is -0.612. The molecule has 0 saturated carbocycles. The summed E-state index contributed by atoms with van der Waals surface area (Å²) in [6, 6.07) is 7.66. The number of carbonyl (C=O) groups is 1. The van der Waals surface area contributed by atoms with E-state index in [1.807, 2.05) is 42.1 Å². The zero-order chi connectivity index (χ0) is 24.4. The van der Waals surface area contributed by atoms with Gasteiger partial charge in [0.1, 0.15) is 22.0 Å². The normalized spacial score (nSPS) is 14.4. The third kappa shape index (κ3) is 5.09. The molecule has 0 aliphatic carbocycles. The van der Waals surface area contributed by atoms with Crippen LogP contribution in [-0.2, 0) is 17.9 Å². The van der Waals surface area contributed by atoms with Crippen LogP contribution in [0, 0.1) is 6.92 Å². The highest BCUT2D eigenvalue weighted by atomic mass is 32.1. The maximum atomic E-state index is 11.9. The average molecular weight is 495 g/mol. The minimum atomic E-state index is -0.612. The van der Waals surface area contributed by atoms with Gasteiger partial charge in [-0.1, -0.05) is 6.07 Å². The summed E-state index contributed by atoms with van der Waals surface area (Å²) < 4.78 is 13.2. The number of hydrogen-bond acceptors (Lipinski definition) is 10. The molecule has 1 aliphatic heterocycles. The van der Waals surface area contributed by atoms with E-state index in [0.717, 1.165) is 62.1 Å². The topological polar surface area (TPSA) is 147 Å². The lowest BCUT2D eigenvalue weighted by atomic mass is 10.1. The fourth-order valence-corrected chi connectivity index (χ4v) is 4.86. The molecule has 1 aliphatic rings. The first-order chi connectivity index (χ1) is 17.0. The average Bonchev–Trinajstić information content (AvgIpc) is 3.46. The number of thiophene rings is 1. The van der Waals surface area contributed by atoms with Crippen LogP contribution in [0.15, 0.2) is 30.5 Å². The second-order valence-corrected chi connectivity index (χ2v) is 9.22. The number of nitrogen functional groups attached to an aromatic ring is 1. The molecular formula is C23H26N8O3S. The number of aromatic nitrogens is 5. The predicted octanol–water partition coefficient (Wildman–Crippen LogP) is 1.85. The van der Waals surface area contributed by atoms with Gasteiger partial charge in [0.2, 0.25) is 0 Å². The van der Waals surface area contributed by atoms with Gasteiger partial charge < -0.3 is 20.9 Å². The lowest BCUT2D eigenvalue weighted by Gasteiger charge is -2.26. The Kier molecular flexibility index (Phi) is 6.57. The highest BCUT2D eigenvalue weighted by Gasteiger charge is 2.22. The van der Waals surface area contributed by atoms with Crippen LogP contribution in [-0.4, -0.2) is 68.4 Å². The van der Waals surface area contributed by atoms with Crippen LogP contribution in [0.25, 0.3) is 21.6 Å². The van der Waals surface area contributed by atoms with Gasteiger partial charge in [-0.15, -0.1) is 11.3 Å². The van der Waals surface area contributed by atoms with Gasteiger partial charge in [0, 0.05) is 31.5 Å². The third-order valence-corrected chi connectivity index (χ3v) is 6.83. The van der Waals surface area contributed by atoms with Gasteiger partial charge in [-0.05, 0) is 25.1 Å². The van der Waals surface area contributed by atoms with Gasteiger partial charge in [-0.2, -0.15) is 15.1 Å². The maximum Gasteiger partial charge on any atom is 0.318 e. The molecule has 1 saturated heterocycles. The summed E-state index contributed by atoms with van der Waals surface area (Å²) in [6.07, 6.45) is 1.93. The summed E-state index contributed by atoms with van der Waals surface area (Å²) in [7, 11) is 0. The molecule has 0 radical (unpaired) electrons. The van der Waals surface area contributed by atoms with Crippen molar-refractivity contribution in [3.8, 4) is 17.4 Å². The first kappa shape index (κ1) is 23.1. The van der Waals surface area contributed by atoms with Crippen LogP contribution in [0.5, 0.6) is 6.01 Å². The van der Waals surface area contributed by atoms with Crippen molar-refractivity contribution < 1.29 is 14.3 Å². The molecule has 1 fully saturated rings. The lowest BCUT2D eigenvalue weighted by Crippen LogP contribution is -2.38. The molecule has 4 aromatic rings. The van der Waals surface area contributed by atoms with Crippen LogP contribution in [0.1, 0.15) is 21.1 Å². The Balaban J connectivity index is 1.37. The first-order valence-electron chi connectivity index (χ1n) is 11.3. The zero-order valence-corrected chi connectivity index (χ0v) is 20.1. The molecule has 0 spiro atoms. The van der Waals surface area contributed by atoms with Crippen LogP contribution >= 0.6 is 11.3 Å². The van der Waals surface area contributed by atoms with Gasteiger partial charge in [0.25, 0.3) is 5.91 Å². The second-order valence-electron chi connectivity index (χ2n) is 8.22. The third-order valence-electron chi connectivity index (χ3n) is 5.72. The predicted molar refractivity (Wildman–Crippen MR) is 132 cm³/mol. The van der Waals surface area contributed by atoms with Crippen molar-refractivity contribution in [3.63, 3.8) is 0 Å². The number of nitrogens with zero attached hydrogens (tertiary/aromatic N) is 6.